The Morgan fingerprint density at radius 1 is 1.46 bits per heavy atom. The van der Waals surface area contributed by atoms with E-state index in [0.29, 0.717) is 6.42 Å². The van der Waals surface area contributed by atoms with Crippen LogP contribution in [0.4, 0.5) is 0 Å². The van der Waals surface area contributed by atoms with E-state index in [1.54, 1.807) is 7.11 Å². The Balaban J connectivity index is 4.60. The van der Waals surface area contributed by atoms with E-state index >= 15 is 0 Å². The van der Waals surface area contributed by atoms with Crippen molar-refractivity contribution in [2.45, 2.75) is 39.1 Å². The summed E-state index contributed by atoms with van der Waals surface area (Å²) in [5.41, 5.74) is 0. The van der Waals surface area contributed by atoms with Gasteiger partial charge in [-0.3, -0.25) is 4.79 Å². The fourth-order valence-electron chi connectivity index (χ4n) is 1.05. The molecule has 0 unspecified atom stereocenters. The first-order valence-corrected chi connectivity index (χ1v) is 8.09. The van der Waals surface area contributed by atoms with E-state index in [4.69, 9.17) is 4.74 Å². The predicted molar refractivity (Wildman–Crippen MR) is 58.6 cm³/mol. The molecular formula is C10H20O2Si. The molecule has 0 saturated heterocycles. The molecule has 0 aliphatic heterocycles. The first-order valence-electron chi connectivity index (χ1n) is 4.59. The summed E-state index contributed by atoms with van der Waals surface area (Å²) in [7, 11) is 0.109. The Kier molecular flexibility index (Phi) is 4.57. The van der Waals surface area contributed by atoms with Crippen molar-refractivity contribution in [1.29, 1.82) is 0 Å². The highest BCUT2D eigenvalue weighted by Gasteiger charge is 2.28. The van der Waals surface area contributed by atoms with Crippen LogP contribution in [-0.4, -0.2) is 27.1 Å². The number of ether oxygens (including phenoxy) is 1. The number of rotatable bonds is 5. The highest BCUT2D eigenvalue weighted by molar-refractivity contribution is 6.83. The van der Waals surface area contributed by atoms with Crippen molar-refractivity contribution in [3.05, 3.63) is 11.8 Å². The Bertz CT molecular complexity index is 203. The van der Waals surface area contributed by atoms with E-state index in [-0.39, 0.29) is 11.9 Å². The van der Waals surface area contributed by atoms with Crippen LogP contribution < -0.4 is 0 Å². The largest absolute Gasteiger partial charge is 0.370 e. The lowest BCUT2D eigenvalue weighted by Crippen LogP contribution is -2.37. The fraction of sp³-hybridized carbons (Fsp3) is 0.700. The van der Waals surface area contributed by atoms with Gasteiger partial charge in [-0.2, -0.15) is 0 Å². The topological polar surface area (TPSA) is 26.3 Å². The summed E-state index contributed by atoms with van der Waals surface area (Å²) >= 11 is 0. The monoisotopic (exact) mass is 200 g/mol. The fourth-order valence-corrected chi connectivity index (χ4v) is 2.11. The van der Waals surface area contributed by atoms with E-state index in [0.717, 1.165) is 5.20 Å². The number of ketones is 1. The van der Waals surface area contributed by atoms with Crippen LogP contribution in [0.25, 0.3) is 0 Å². The van der Waals surface area contributed by atoms with Gasteiger partial charge in [-0.25, -0.2) is 0 Å². The zero-order chi connectivity index (χ0) is 10.6. The minimum absolute atomic E-state index is 0.134. The average Bonchev–Trinajstić information content (AvgIpc) is 2.03. The molecular weight excluding hydrogens is 180 g/mol. The third-order valence-corrected chi connectivity index (χ3v) is 4.35. The van der Waals surface area contributed by atoms with Gasteiger partial charge in [0, 0.05) is 13.5 Å². The molecule has 0 N–H and O–H groups in total. The molecule has 0 rings (SSSR count). The summed E-state index contributed by atoms with van der Waals surface area (Å²) in [5.74, 6) is 0.134. The summed E-state index contributed by atoms with van der Waals surface area (Å²) in [6.45, 7) is 12.3. The molecule has 0 bridgehead atoms. The van der Waals surface area contributed by atoms with E-state index in [1.165, 1.54) is 0 Å². The van der Waals surface area contributed by atoms with Crippen molar-refractivity contribution in [1.82, 2.24) is 0 Å². The molecule has 76 valence electrons. The number of hydrogen-bond acceptors (Lipinski definition) is 2. The summed E-state index contributed by atoms with van der Waals surface area (Å²) in [4.78, 5) is 11.5. The highest BCUT2D eigenvalue weighted by Crippen LogP contribution is 2.19. The van der Waals surface area contributed by atoms with Gasteiger partial charge >= 0.3 is 0 Å². The lowest BCUT2D eigenvalue weighted by molar-refractivity contribution is -0.126. The molecule has 0 heterocycles. The second-order valence-corrected chi connectivity index (χ2v) is 9.35. The minimum Gasteiger partial charge on any atom is -0.370 e. The zero-order valence-electron chi connectivity index (χ0n) is 9.31. The van der Waals surface area contributed by atoms with Gasteiger partial charge in [0.1, 0.15) is 6.10 Å². The van der Waals surface area contributed by atoms with Gasteiger partial charge in [0.15, 0.2) is 5.78 Å². The molecule has 0 aliphatic rings. The first kappa shape index (κ1) is 12.6. The molecule has 1 atom stereocenters. The minimum atomic E-state index is -1.46. The second kappa shape index (κ2) is 4.72. The maximum Gasteiger partial charge on any atom is 0.165 e. The Labute approximate surface area is 82.0 Å². The maximum atomic E-state index is 11.5. The molecule has 0 spiro atoms. The third-order valence-electron chi connectivity index (χ3n) is 2.16. The van der Waals surface area contributed by atoms with Gasteiger partial charge in [0.25, 0.3) is 0 Å². The van der Waals surface area contributed by atoms with Gasteiger partial charge < -0.3 is 4.74 Å². The third kappa shape index (κ3) is 3.44. The molecule has 0 aromatic heterocycles. The van der Waals surface area contributed by atoms with E-state index in [2.05, 4.69) is 26.2 Å². The number of carbonyl (C=O) groups is 1. The molecule has 0 aromatic carbocycles. The Morgan fingerprint density at radius 2 is 1.92 bits per heavy atom. The summed E-state index contributed by atoms with van der Waals surface area (Å²) in [5, 5.41) is 0.988. The van der Waals surface area contributed by atoms with E-state index in [9.17, 15) is 4.79 Å². The van der Waals surface area contributed by atoms with Gasteiger partial charge in [0.2, 0.25) is 0 Å². The number of hydrogen-bond donors (Lipinski definition) is 0. The number of Topliss-reactive ketones (excluding diaryl/α,β-unsaturated/α-hetero) is 1. The molecule has 2 nitrogen and oxygen atoms in total. The standard InChI is InChI=1S/C10H20O2Si/c1-7-9(11)10(12-3)8(2)13(4,5)6/h10H,2,7H2,1,3-6H3/t10-/m1/s1. The van der Waals surface area contributed by atoms with E-state index < -0.39 is 8.07 Å². The molecule has 0 radical (unpaired) electrons. The van der Waals surface area contributed by atoms with Crippen LogP contribution >= 0.6 is 0 Å². The molecule has 0 amide bonds. The number of carbonyl (C=O) groups excluding carboxylic acids is 1. The van der Waals surface area contributed by atoms with Crippen LogP contribution in [0.5, 0.6) is 0 Å². The van der Waals surface area contributed by atoms with Crippen LogP contribution in [0.2, 0.25) is 19.6 Å². The predicted octanol–water partition coefficient (Wildman–Crippen LogP) is 2.41. The molecule has 0 aromatic rings. The normalized spacial score (nSPS) is 13.9. The smallest absolute Gasteiger partial charge is 0.165 e. The van der Waals surface area contributed by atoms with Crippen molar-refractivity contribution in [3.63, 3.8) is 0 Å². The van der Waals surface area contributed by atoms with Gasteiger partial charge in [-0.1, -0.05) is 31.8 Å². The van der Waals surface area contributed by atoms with Crippen LogP contribution in [0, 0.1) is 0 Å². The second-order valence-electron chi connectivity index (χ2n) is 4.21. The van der Waals surface area contributed by atoms with Crippen molar-refractivity contribution in [2.75, 3.05) is 7.11 Å². The van der Waals surface area contributed by atoms with Gasteiger partial charge in [-0.05, 0) is 0 Å². The van der Waals surface area contributed by atoms with Crippen molar-refractivity contribution >= 4 is 13.9 Å². The molecule has 0 fully saturated rings. The van der Waals surface area contributed by atoms with Crippen LogP contribution in [0.1, 0.15) is 13.3 Å². The number of methoxy groups -OCH3 is 1. The molecule has 3 heteroatoms. The summed E-state index contributed by atoms with van der Waals surface area (Å²) < 4.78 is 5.18. The summed E-state index contributed by atoms with van der Waals surface area (Å²) in [6, 6.07) is 0. The lowest BCUT2D eigenvalue weighted by atomic mass is 10.2. The zero-order valence-corrected chi connectivity index (χ0v) is 10.3. The van der Waals surface area contributed by atoms with E-state index in [1.807, 2.05) is 6.92 Å². The quantitative estimate of drug-likeness (QED) is 0.637. The highest BCUT2D eigenvalue weighted by atomic mass is 28.3. The molecule has 0 aliphatic carbocycles. The van der Waals surface area contributed by atoms with Crippen molar-refractivity contribution < 1.29 is 9.53 Å². The van der Waals surface area contributed by atoms with Gasteiger partial charge in [-0.15, -0.1) is 6.58 Å². The molecule has 13 heavy (non-hydrogen) atoms. The van der Waals surface area contributed by atoms with Crippen molar-refractivity contribution in [3.8, 4) is 0 Å². The SMILES string of the molecule is C=C([C@@H](OC)C(=O)CC)[Si](C)(C)C. The first-order chi connectivity index (χ1) is 5.84. The van der Waals surface area contributed by atoms with Crippen LogP contribution in [-0.2, 0) is 9.53 Å². The average molecular weight is 200 g/mol. The Morgan fingerprint density at radius 3 is 2.15 bits per heavy atom. The van der Waals surface area contributed by atoms with Crippen LogP contribution in [0.15, 0.2) is 11.8 Å². The molecule has 0 saturated carbocycles. The summed E-state index contributed by atoms with van der Waals surface area (Å²) in [6.07, 6.45) is 0.138. The Hall–Kier alpha value is -0.413. The maximum absolute atomic E-state index is 11.5. The lowest BCUT2D eigenvalue weighted by Gasteiger charge is -2.25. The van der Waals surface area contributed by atoms with Gasteiger partial charge in [0.05, 0.1) is 8.07 Å². The van der Waals surface area contributed by atoms with Crippen LogP contribution in [0.3, 0.4) is 0 Å². The van der Waals surface area contributed by atoms with Crippen molar-refractivity contribution in [2.24, 2.45) is 0 Å².